The predicted octanol–water partition coefficient (Wildman–Crippen LogP) is 5.71. The number of benzene rings is 4. The summed E-state index contributed by atoms with van der Waals surface area (Å²) in [5, 5.41) is 48.6. The van der Waals surface area contributed by atoms with E-state index in [1.807, 2.05) is 24.3 Å². The average Bonchev–Trinajstić information content (AvgIpc) is 4.03. The first kappa shape index (κ1) is 39.6. The Balaban J connectivity index is 0.000000161. The normalized spacial score (nSPS) is 15.5. The summed E-state index contributed by atoms with van der Waals surface area (Å²) < 4.78 is 0. The van der Waals surface area contributed by atoms with Crippen LogP contribution in [0.15, 0.2) is 97.1 Å². The number of nitrogens with zero attached hydrogens (tertiary/aromatic N) is 5. The molecule has 0 spiro atoms. The molecule has 3 aliphatic carbocycles. The van der Waals surface area contributed by atoms with E-state index in [1.165, 1.54) is 36.4 Å². The average molecular weight is 733 g/mol. The van der Waals surface area contributed by atoms with Gasteiger partial charge in [-0.3, -0.25) is 39.9 Å². The van der Waals surface area contributed by atoms with Crippen molar-refractivity contribution in [3.63, 3.8) is 0 Å². The molecule has 2 amide bonds. The van der Waals surface area contributed by atoms with Crippen LogP contribution < -0.4 is 17.2 Å². The molecule has 0 heterocycles. The maximum atomic E-state index is 11.2. The zero-order chi connectivity index (χ0) is 39.7. The fourth-order valence-electron chi connectivity index (χ4n) is 5.74. The summed E-state index contributed by atoms with van der Waals surface area (Å²) in [6.07, 6.45) is 4.90. The number of nitro benzene ring substituents is 3. The van der Waals surface area contributed by atoms with Gasteiger partial charge in [-0.1, -0.05) is 48.5 Å². The summed E-state index contributed by atoms with van der Waals surface area (Å²) in [6.45, 7) is 0. The van der Waals surface area contributed by atoms with Gasteiger partial charge in [-0.2, -0.15) is 10.5 Å². The lowest BCUT2D eigenvalue weighted by Gasteiger charge is -2.11. The molecule has 0 bridgehead atoms. The first-order chi connectivity index (χ1) is 25.6. The number of nitro groups is 3. The van der Waals surface area contributed by atoms with E-state index in [9.17, 15) is 39.9 Å². The topological polar surface area (TPSA) is 289 Å². The SMILES string of the molecule is N#CC1(c2cccc([N+](=O)[O-])c2)CC1.N#CCc1cccc([N+](=O)[O-])c1.NC(=O)C1(c2cccc(N)c2)CC1.NC(=O)C1(c2cccc([N+](=O)[O-])c2)CC1. The Hall–Kier alpha value is -7.20. The second-order valence-electron chi connectivity index (χ2n) is 13.1. The Morgan fingerprint density at radius 2 is 1.02 bits per heavy atom. The molecule has 54 heavy (non-hydrogen) atoms. The lowest BCUT2D eigenvalue weighted by Crippen LogP contribution is -2.28. The van der Waals surface area contributed by atoms with Crippen LogP contribution in [0.1, 0.15) is 60.8 Å². The van der Waals surface area contributed by atoms with E-state index in [0.717, 1.165) is 36.8 Å². The summed E-state index contributed by atoms with van der Waals surface area (Å²) in [5.74, 6) is -0.638. The number of nitrogens with two attached hydrogens (primary N) is 3. The quantitative estimate of drug-likeness (QED) is 0.106. The minimum Gasteiger partial charge on any atom is -0.399 e. The van der Waals surface area contributed by atoms with Crippen molar-refractivity contribution in [2.45, 2.75) is 61.2 Å². The maximum absolute atomic E-state index is 11.2. The number of non-ortho nitro benzene ring substituents is 3. The highest BCUT2D eigenvalue weighted by Crippen LogP contribution is 2.49. The van der Waals surface area contributed by atoms with E-state index in [1.54, 1.807) is 42.5 Å². The summed E-state index contributed by atoms with van der Waals surface area (Å²) in [6, 6.07) is 30.1. The van der Waals surface area contributed by atoms with Gasteiger partial charge in [-0.15, -0.1) is 0 Å². The van der Waals surface area contributed by atoms with Crippen molar-refractivity contribution >= 4 is 34.6 Å². The molecule has 276 valence electrons. The lowest BCUT2D eigenvalue weighted by molar-refractivity contribution is -0.385. The zero-order valence-corrected chi connectivity index (χ0v) is 28.9. The smallest absolute Gasteiger partial charge is 0.269 e. The van der Waals surface area contributed by atoms with Gasteiger partial charge >= 0.3 is 0 Å². The molecular formula is C38H36N8O8. The largest absolute Gasteiger partial charge is 0.399 e. The standard InChI is InChI=1S/C10H10N2O3.C10H8N2O2.C10H12N2O.C8H6N2O2/c11-9(13)10(4-5-10)7-2-1-3-8(6-7)12(14)15;11-7-10(4-5-10)8-2-1-3-9(6-8)12(13)14;11-8-3-1-2-7(6-8)10(4-5-10)9(12)13;9-5-4-7-2-1-3-8(6-7)10(11)12/h1-3,6H,4-5H2,(H2,11,13);1-3,6H,4-5H2;1-3,6H,4-5,11H2,(H2,12,13);1-3,6H,4H2. The molecule has 6 N–H and O–H groups in total. The number of carbonyl (C=O) groups excluding carboxylic acids is 2. The van der Waals surface area contributed by atoms with Gasteiger partial charge in [0.05, 0.1) is 49.6 Å². The first-order valence-corrected chi connectivity index (χ1v) is 16.6. The van der Waals surface area contributed by atoms with Crippen molar-refractivity contribution in [3.05, 3.63) is 150 Å². The van der Waals surface area contributed by atoms with Gasteiger partial charge in [-0.05, 0) is 72.9 Å². The van der Waals surface area contributed by atoms with Gasteiger partial charge in [0.1, 0.15) is 0 Å². The second-order valence-corrected chi connectivity index (χ2v) is 13.1. The first-order valence-electron chi connectivity index (χ1n) is 16.6. The van der Waals surface area contributed by atoms with E-state index in [4.69, 9.17) is 27.7 Å². The second kappa shape index (κ2) is 16.4. The van der Waals surface area contributed by atoms with Crippen molar-refractivity contribution in [1.82, 2.24) is 0 Å². The molecule has 0 aromatic heterocycles. The third-order valence-electron chi connectivity index (χ3n) is 9.47. The van der Waals surface area contributed by atoms with Crippen molar-refractivity contribution in [2.75, 3.05) is 5.73 Å². The monoisotopic (exact) mass is 732 g/mol. The molecular weight excluding hydrogens is 696 g/mol. The van der Waals surface area contributed by atoms with Gasteiger partial charge < -0.3 is 17.2 Å². The molecule has 4 aromatic rings. The van der Waals surface area contributed by atoms with Crippen molar-refractivity contribution in [3.8, 4) is 12.1 Å². The van der Waals surface area contributed by atoms with Gasteiger partial charge in [0.15, 0.2) is 0 Å². The summed E-state index contributed by atoms with van der Waals surface area (Å²) in [7, 11) is 0. The van der Waals surface area contributed by atoms with Gasteiger partial charge in [0.2, 0.25) is 11.8 Å². The van der Waals surface area contributed by atoms with Gasteiger partial charge in [-0.25, -0.2) is 0 Å². The summed E-state index contributed by atoms with van der Waals surface area (Å²) >= 11 is 0. The number of rotatable bonds is 9. The number of primary amides is 2. The van der Waals surface area contributed by atoms with Crippen LogP contribution in [0.5, 0.6) is 0 Å². The summed E-state index contributed by atoms with van der Waals surface area (Å²) in [5.41, 5.74) is 18.6. The fourth-order valence-corrected chi connectivity index (χ4v) is 5.74. The number of nitrogen functional groups attached to an aromatic ring is 1. The van der Waals surface area contributed by atoms with Crippen LogP contribution in [0, 0.1) is 53.0 Å². The Kier molecular flexibility index (Phi) is 12.0. The van der Waals surface area contributed by atoms with E-state index in [-0.39, 0.29) is 29.4 Å². The Morgan fingerprint density at radius 1 is 0.611 bits per heavy atom. The number of amides is 2. The van der Waals surface area contributed by atoms with E-state index in [2.05, 4.69) is 6.07 Å². The van der Waals surface area contributed by atoms with Crippen molar-refractivity contribution < 1.29 is 24.4 Å². The van der Waals surface area contributed by atoms with E-state index < -0.39 is 36.9 Å². The predicted molar refractivity (Wildman–Crippen MR) is 196 cm³/mol. The van der Waals surface area contributed by atoms with Crippen LogP contribution >= 0.6 is 0 Å². The van der Waals surface area contributed by atoms with Crippen LogP contribution in [-0.2, 0) is 32.3 Å². The highest BCUT2D eigenvalue weighted by Gasteiger charge is 2.51. The highest BCUT2D eigenvalue weighted by atomic mass is 16.6. The summed E-state index contributed by atoms with van der Waals surface area (Å²) in [4.78, 5) is 52.4. The molecule has 3 saturated carbocycles. The molecule has 16 heteroatoms. The number of hydrogen-bond acceptors (Lipinski definition) is 11. The molecule has 7 rings (SSSR count). The number of nitriles is 2. The third kappa shape index (κ3) is 9.36. The maximum Gasteiger partial charge on any atom is 0.269 e. The minimum atomic E-state index is -0.647. The van der Waals surface area contributed by atoms with Crippen LogP contribution in [0.3, 0.4) is 0 Å². The molecule has 3 fully saturated rings. The van der Waals surface area contributed by atoms with Crippen LogP contribution in [0.25, 0.3) is 0 Å². The molecule has 0 atom stereocenters. The molecule has 0 radical (unpaired) electrons. The van der Waals surface area contributed by atoms with Gasteiger partial charge in [0.25, 0.3) is 17.1 Å². The van der Waals surface area contributed by atoms with E-state index >= 15 is 0 Å². The Bertz CT molecular complexity index is 2180. The molecule has 3 aliphatic rings. The van der Waals surface area contributed by atoms with Crippen molar-refractivity contribution in [2.24, 2.45) is 11.5 Å². The molecule has 0 unspecified atom stereocenters. The number of hydrogen-bond donors (Lipinski definition) is 3. The Labute approximate surface area is 309 Å². The van der Waals surface area contributed by atoms with E-state index in [0.29, 0.717) is 29.7 Å². The lowest BCUT2D eigenvalue weighted by atomic mass is 9.95. The fraction of sp³-hybridized carbons (Fsp3) is 0.263. The van der Waals surface area contributed by atoms with Crippen LogP contribution in [0.4, 0.5) is 22.7 Å². The zero-order valence-electron chi connectivity index (χ0n) is 28.9. The minimum absolute atomic E-state index is 0.0000231. The molecule has 0 aliphatic heterocycles. The Morgan fingerprint density at radius 3 is 1.41 bits per heavy atom. The molecule has 16 nitrogen and oxygen atoms in total. The molecule has 0 saturated heterocycles. The van der Waals surface area contributed by atoms with Crippen LogP contribution in [-0.4, -0.2) is 26.6 Å². The van der Waals surface area contributed by atoms with Crippen molar-refractivity contribution in [1.29, 1.82) is 10.5 Å². The third-order valence-corrected chi connectivity index (χ3v) is 9.47. The van der Waals surface area contributed by atoms with Gasteiger partial charge in [0, 0.05) is 42.1 Å². The number of carbonyl (C=O) groups is 2. The highest BCUT2D eigenvalue weighted by molar-refractivity contribution is 5.90. The molecule has 4 aromatic carbocycles. The number of anilines is 1. The van der Waals surface area contributed by atoms with Crippen LogP contribution in [0.2, 0.25) is 0 Å².